The van der Waals surface area contributed by atoms with Crippen LogP contribution in [0.5, 0.6) is 5.75 Å². The number of carboxylic acid groups (broad SMARTS) is 1. The lowest BCUT2D eigenvalue weighted by Crippen LogP contribution is -2.05. The van der Waals surface area contributed by atoms with Gasteiger partial charge >= 0.3 is 5.97 Å². The maximum atomic E-state index is 11.0. The van der Waals surface area contributed by atoms with E-state index in [1.54, 1.807) is 7.05 Å². The SMILES string of the molecule is C#CCOc1c(C(=O)O)cnc2c1cnn2C. The summed E-state index contributed by atoms with van der Waals surface area (Å²) in [4.78, 5) is 15.1. The van der Waals surface area contributed by atoms with Crippen molar-refractivity contribution in [1.82, 2.24) is 14.8 Å². The molecule has 2 rings (SSSR count). The first-order chi connectivity index (χ1) is 8.15. The zero-order valence-electron chi connectivity index (χ0n) is 9.04. The molecule has 0 aliphatic heterocycles. The standard InChI is InChI=1S/C11H9N3O3/c1-3-4-17-9-7-6-13-14(2)10(7)12-5-8(9)11(15)16/h1,5-6H,4H2,2H3,(H,15,16). The van der Waals surface area contributed by atoms with E-state index in [1.807, 2.05) is 0 Å². The van der Waals surface area contributed by atoms with Crippen molar-refractivity contribution in [1.29, 1.82) is 0 Å². The maximum Gasteiger partial charge on any atom is 0.341 e. The number of aromatic carboxylic acids is 1. The summed E-state index contributed by atoms with van der Waals surface area (Å²) in [5.74, 6) is 1.38. The van der Waals surface area contributed by atoms with Crippen LogP contribution in [0.3, 0.4) is 0 Å². The van der Waals surface area contributed by atoms with Gasteiger partial charge in [0, 0.05) is 13.2 Å². The summed E-state index contributed by atoms with van der Waals surface area (Å²) in [6.45, 7) is -0.00567. The molecule has 17 heavy (non-hydrogen) atoms. The number of nitrogens with zero attached hydrogens (tertiary/aromatic N) is 3. The molecule has 86 valence electrons. The summed E-state index contributed by atoms with van der Waals surface area (Å²) in [5, 5.41) is 13.6. The minimum absolute atomic E-state index is 0.00567. The summed E-state index contributed by atoms with van der Waals surface area (Å²) in [5.41, 5.74) is 0.516. The fraction of sp³-hybridized carbons (Fsp3) is 0.182. The molecule has 0 aromatic carbocycles. The molecule has 1 N–H and O–H groups in total. The first-order valence-electron chi connectivity index (χ1n) is 4.75. The molecule has 0 atom stereocenters. The molecular weight excluding hydrogens is 222 g/mol. The second-order valence-electron chi connectivity index (χ2n) is 3.30. The predicted molar refractivity (Wildman–Crippen MR) is 59.8 cm³/mol. The smallest absolute Gasteiger partial charge is 0.341 e. The molecule has 2 heterocycles. The fourth-order valence-corrected chi connectivity index (χ4v) is 1.50. The van der Waals surface area contributed by atoms with Gasteiger partial charge < -0.3 is 9.84 Å². The predicted octanol–water partition coefficient (Wildman–Crippen LogP) is 0.678. The van der Waals surface area contributed by atoms with Crippen molar-refractivity contribution in [3.05, 3.63) is 18.0 Å². The number of aromatic nitrogens is 3. The van der Waals surface area contributed by atoms with Gasteiger partial charge in [-0.2, -0.15) is 5.10 Å². The Morgan fingerprint density at radius 2 is 2.41 bits per heavy atom. The molecule has 0 radical (unpaired) electrons. The molecule has 6 nitrogen and oxygen atoms in total. The lowest BCUT2D eigenvalue weighted by atomic mass is 10.2. The molecule has 0 fully saturated rings. The van der Waals surface area contributed by atoms with E-state index in [1.165, 1.54) is 17.1 Å². The van der Waals surface area contributed by atoms with Gasteiger partial charge in [0.05, 0.1) is 11.6 Å². The highest BCUT2D eigenvalue weighted by Gasteiger charge is 2.17. The molecule has 2 aromatic rings. The van der Waals surface area contributed by atoms with Crippen LogP contribution >= 0.6 is 0 Å². The quantitative estimate of drug-likeness (QED) is 0.786. The number of aryl methyl sites for hydroxylation is 1. The number of hydrogen-bond acceptors (Lipinski definition) is 4. The van der Waals surface area contributed by atoms with Gasteiger partial charge in [0.2, 0.25) is 0 Å². The van der Waals surface area contributed by atoms with E-state index in [4.69, 9.17) is 16.3 Å². The van der Waals surface area contributed by atoms with Crippen molar-refractivity contribution in [2.24, 2.45) is 7.05 Å². The van der Waals surface area contributed by atoms with Crippen molar-refractivity contribution in [3.63, 3.8) is 0 Å². The number of ether oxygens (including phenoxy) is 1. The molecule has 0 saturated carbocycles. The van der Waals surface area contributed by atoms with Gasteiger partial charge in [-0.3, -0.25) is 4.68 Å². The highest BCUT2D eigenvalue weighted by Crippen LogP contribution is 2.27. The Bertz CT molecular complexity index is 625. The van der Waals surface area contributed by atoms with Gasteiger partial charge in [-0.25, -0.2) is 9.78 Å². The molecular formula is C11H9N3O3. The van der Waals surface area contributed by atoms with Gasteiger partial charge in [-0.1, -0.05) is 5.92 Å². The second kappa shape index (κ2) is 4.14. The molecule has 0 saturated heterocycles. The molecule has 2 aromatic heterocycles. The Kier molecular flexibility index (Phi) is 2.66. The average molecular weight is 231 g/mol. The summed E-state index contributed by atoms with van der Waals surface area (Å²) in [6, 6.07) is 0. The van der Waals surface area contributed by atoms with Gasteiger partial charge in [0.25, 0.3) is 0 Å². The van der Waals surface area contributed by atoms with Crippen molar-refractivity contribution in [2.45, 2.75) is 0 Å². The average Bonchev–Trinajstić information content (AvgIpc) is 2.68. The number of terminal acetylenes is 1. The van der Waals surface area contributed by atoms with E-state index in [9.17, 15) is 4.79 Å². The molecule has 0 amide bonds. The van der Waals surface area contributed by atoms with Gasteiger partial charge in [0.15, 0.2) is 5.65 Å². The molecule has 0 aliphatic carbocycles. The summed E-state index contributed by atoms with van der Waals surface area (Å²) in [6.07, 6.45) is 7.83. The van der Waals surface area contributed by atoms with Crippen LogP contribution in [0.15, 0.2) is 12.4 Å². The summed E-state index contributed by atoms with van der Waals surface area (Å²) < 4.78 is 6.80. The monoisotopic (exact) mass is 231 g/mol. The minimum Gasteiger partial charge on any atom is -0.479 e. The lowest BCUT2D eigenvalue weighted by Gasteiger charge is -2.07. The number of fused-ring (bicyclic) bond motifs is 1. The summed E-state index contributed by atoms with van der Waals surface area (Å²) >= 11 is 0. The maximum absolute atomic E-state index is 11.0. The topological polar surface area (TPSA) is 77.2 Å². The third kappa shape index (κ3) is 1.78. The number of carboxylic acids is 1. The molecule has 0 spiro atoms. The molecule has 0 bridgehead atoms. The van der Waals surface area contributed by atoms with E-state index >= 15 is 0 Å². The van der Waals surface area contributed by atoms with Crippen molar-refractivity contribution >= 4 is 17.0 Å². The van der Waals surface area contributed by atoms with Crippen LogP contribution in [-0.4, -0.2) is 32.4 Å². The summed E-state index contributed by atoms with van der Waals surface area (Å²) in [7, 11) is 1.71. The van der Waals surface area contributed by atoms with E-state index in [0.29, 0.717) is 11.0 Å². The Morgan fingerprint density at radius 3 is 3.06 bits per heavy atom. The van der Waals surface area contributed by atoms with E-state index in [2.05, 4.69) is 16.0 Å². The van der Waals surface area contributed by atoms with Crippen LogP contribution in [0.4, 0.5) is 0 Å². The third-order valence-corrected chi connectivity index (χ3v) is 2.24. The number of hydrogen-bond donors (Lipinski definition) is 1. The van der Waals surface area contributed by atoms with Crippen molar-refractivity contribution < 1.29 is 14.6 Å². The normalized spacial score (nSPS) is 10.1. The van der Waals surface area contributed by atoms with Gasteiger partial charge in [-0.05, 0) is 0 Å². The zero-order chi connectivity index (χ0) is 12.4. The van der Waals surface area contributed by atoms with E-state index < -0.39 is 5.97 Å². The Morgan fingerprint density at radius 1 is 1.65 bits per heavy atom. The van der Waals surface area contributed by atoms with Crippen molar-refractivity contribution in [3.8, 4) is 18.1 Å². The van der Waals surface area contributed by atoms with Crippen LogP contribution in [0.2, 0.25) is 0 Å². The van der Waals surface area contributed by atoms with Gasteiger partial charge in [0.1, 0.15) is 17.9 Å². The lowest BCUT2D eigenvalue weighted by molar-refractivity contribution is 0.0693. The molecule has 0 unspecified atom stereocenters. The largest absolute Gasteiger partial charge is 0.479 e. The van der Waals surface area contributed by atoms with Crippen LogP contribution in [0.1, 0.15) is 10.4 Å². The first-order valence-corrected chi connectivity index (χ1v) is 4.75. The third-order valence-electron chi connectivity index (χ3n) is 2.24. The first kappa shape index (κ1) is 11.0. The highest BCUT2D eigenvalue weighted by atomic mass is 16.5. The molecule has 0 aliphatic rings. The fourth-order valence-electron chi connectivity index (χ4n) is 1.50. The Hall–Kier alpha value is -2.55. The zero-order valence-corrected chi connectivity index (χ0v) is 9.04. The van der Waals surface area contributed by atoms with Crippen LogP contribution < -0.4 is 4.74 Å². The van der Waals surface area contributed by atoms with Crippen LogP contribution in [0, 0.1) is 12.3 Å². The minimum atomic E-state index is -1.12. The van der Waals surface area contributed by atoms with Gasteiger partial charge in [-0.15, -0.1) is 6.42 Å². The Labute approximate surface area is 96.8 Å². The van der Waals surface area contributed by atoms with E-state index in [0.717, 1.165) is 0 Å². The Balaban J connectivity index is 2.67. The van der Waals surface area contributed by atoms with Crippen molar-refractivity contribution in [2.75, 3.05) is 6.61 Å². The van der Waals surface area contributed by atoms with Crippen LogP contribution in [0.25, 0.3) is 11.0 Å². The van der Waals surface area contributed by atoms with Crippen LogP contribution in [-0.2, 0) is 7.05 Å². The number of pyridine rings is 1. The second-order valence-corrected chi connectivity index (χ2v) is 3.30. The number of rotatable bonds is 3. The molecule has 6 heteroatoms. The number of carbonyl (C=O) groups is 1. The van der Waals surface area contributed by atoms with E-state index in [-0.39, 0.29) is 17.9 Å². The highest BCUT2D eigenvalue weighted by molar-refractivity contribution is 5.97.